The van der Waals surface area contributed by atoms with Crippen molar-refractivity contribution in [2.75, 3.05) is 0 Å². The molecule has 0 fully saturated rings. The molecule has 0 aliphatic carbocycles. The van der Waals surface area contributed by atoms with Gasteiger partial charge in [0, 0.05) is 12.0 Å². The van der Waals surface area contributed by atoms with Crippen molar-refractivity contribution in [2.24, 2.45) is 5.16 Å². The van der Waals surface area contributed by atoms with Crippen molar-refractivity contribution in [1.29, 1.82) is 0 Å². The number of carboxylic acids is 1. The number of nitrogens with zero attached hydrogens (tertiary/aromatic N) is 2. The Kier molecular flexibility index (Phi) is 7.91. The summed E-state index contributed by atoms with van der Waals surface area (Å²) in [6.07, 6.45) is 0.874. The molecule has 178 valence electrons. The maximum Gasteiger partial charge on any atom is 0.353 e. The summed E-state index contributed by atoms with van der Waals surface area (Å²) in [6.45, 7) is 2.31. The highest BCUT2D eigenvalue weighted by Gasteiger charge is 2.12. The van der Waals surface area contributed by atoms with Crippen molar-refractivity contribution in [3.8, 4) is 17.2 Å². The van der Waals surface area contributed by atoms with Crippen molar-refractivity contribution in [3.05, 3.63) is 108 Å². The number of hydrogen-bond donors (Lipinski definition) is 1. The van der Waals surface area contributed by atoms with E-state index in [-0.39, 0.29) is 18.9 Å². The predicted molar refractivity (Wildman–Crippen MR) is 132 cm³/mol. The number of benzene rings is 3. The molecule has 0 atom stereocenters. The van der Waals surface area contributed by atoms with E-state index in [4.69, 9.17) is 14.0 Å². The minimum absolute atomic E-state index is 0.00772. The van der Waals surface area contributed by atoms with E-state index in [2.05, 4.69) is 10.1 Å². The average molecular weight is 471 g/mol. The zero-order chi connectivity index (χ0) is 24.5. The molecule has 4 rings (SSSR count). The van der Waals surface area contributed by atoms with Crippen molar-refractivity contribution in [1.82, 2.24) is 4.98 Å². The minimum atomic E-state index is -1.08. The Labute approximate surface area is 203 Å². The van der Waals surface area contributed by atoms with Crippen LogP contribution in [0.3, 0.4) is 0 Å². The zero-order valence-electron chi connectivity index (χ0n) is 19.4. The standard InChI is InChI=1S/C28H26N2O5/c1-20-26(29-27(35-20)23-10-6-3-7-11-23)19-33-24-15-12-22(13-16-24)18-34-30-25(28(31)32)17-14-21-8-4-2-5-9-21/h2-13,15-16H,14,17-19H2,1H3,(H,31,32). The fourth-order valence-corrected chi connectivity index (χ4v) is 3.38. The van der Waals surface area contributed by atoms with Crippen LogP contribution in [-0.2, 0) is 29.3 Å². The molecule has 7 heteroatoms. The van der Waals surface area contributed by atoms with Gasteiger partial charge in [-0.15, -0.1) is 0 Å². The Bertz CT molecular complexity index is 1270. The molecule has 1 heterocycles. The van der Waals surface area contributed by atoms with Crippen molar-refractivity contribution in [3.63, 3.8) is 0 Å². The van der Waals surface area contributed by atoms with Crippen LogP contribution in [0.4, 0.5) is 0 Å². The van der Waals surface area contributed by atoms with Gasteiger partial charge in [0.1, 0.15) is 30.4 Å². The second-order valence-electron chi connectivity index (χ2n) is 7.92. The van der Waals surface area contributed by atoms with Crippen LogP contribution in [-0.4, -0.2) is 21.8 Å². The van der Waals surface area contributed by atoms with Gasteiger partial charge in [-0.3, -0.25) is 0 Å². The molecule has 0 spiro atoms. The van der Waals surface area contributed by atoms with Crippen molar-refractivity contribution >= 4 is 11.7 Å². The molecule has 0 radical (unpaired) electrons. The first-order valence-electron chi connectivity index (χ1n) is 11.3. The van der Waals surface area contributed by atoms with E-state index in [1.54, 1.807) is 0 Å². The molecule has 0 amide bonds. The molecule has 0 saturated heterocycles. The maximum absolute atomic E-state index is 11.5. The second-order valence-corrected chi connectivity index (χ2v) is 7.92. The van der Waals surface area contributed by atoms with E-state index in [0.29, 0.717) is 30.2 Å². The highest BCUT2D eigenvalue weighted by atomic mass is 16.6. The Morgan fingerprint density at radius 3 is 2.29 bits per heavy atom. The minimum Gasteiger partial charge on any atom is -0.487 e. The summed E-state index contributed by atoms with van der Waals surface area (Å²) in [6, 6.07) is 26.7. The van der Waals surface area contributed by atoms with Gasteiger partial charge in [0.25, 0.3) is 0 Å². The summed E-state index contributed by atoms with van der Waals surface area (Å²) in [7, 11) is 0. The molecule has 0 bridgehead atoms. The first-order chi connectivity index (χ1) is 17.1. The van der Waals surface area contributed by atoms with Gasteiger partial charge in [0.05, 0.1) is 0 Å². The van der Waals surface area contributed by atoms with E-state index in [1.807, 2.05) is 91.9 Å². The topological polar surface area (TPSA) is 94.2 Å². The molecule has 1 N–H and O–H groups in total. The first kappa shape index (κ1) is 23.8. The third-order valence-electron chi connectivity index (χ3n) is 5.36. The summed E-state index contributed by atoms with van der Waals surface area (Å²) in [5, 5.41) is 13.2. The largest absolute Gasteiger partial charge is 0.487 e. The molecule has 0 saturated carbocycles. The van der Waals surface area contributed by atoms with Gasteiger partial charge in [-0.2, -0.15) is 0 Å². The average Bonchev–Trinajstić information content (AvgIpc) is 3.27. The second kappa shape index (κ2) is 11.7. The summed E-state index contributed by atoms with van der Waals surface area (Å²) in [5.74, 6) is 0.880. The lowest BCUT2D eigenvalue weighted by molar-refractivity contribution is -0.129. The normalized spacial score (nSPS) is 11.3. The van der Waals surface area contributed by atoms with E-state index in [1.165, 1.54) is 0 Å². The van der Waals surface area contributed by atoms with E-state index in [9.17, 15) is 9.90 Å². The van der Waals surface area contributed by atoms with Crippen LogP contribution in [0, 0.1) is 6.92 Å². The molecule has 3 aromatic carbocycles. The zero-order valence-corrected chi connectivity index (χ0v) is 19.4. The molecule has 7 nitrogen and oxygen atoms in total. The van der Waals surface area contributed by atoms with Gasteiger partial charge in [0.15, 0.2) is 5.71 Å². The fraction of sp³-hybridized carbons (Fsp3) is 0.179. The van der Waals surface area contributed by atoms with Crippen LogP contribution in [0.2, 0.25) is 0 Å². The fourth-order valence-electron chi connectivity index (χ4n) is 3.38. The lowest BCUT2D eigenvalue weighted by Gasteiger charge is -2.06. The highest BCUT2D eigenvalue weighted by Crippen LogP contribution is 2.23. The van der Waals surface area contributed by atoms with Gasteiger partial charge in [0.2, 0.25) is 5.89 Å². The van der Waals surface area contributed by atoms with Crippen LogP contribution in [0.1, 0.15) is 29.0 Å². The van der Waals surface area contributed by atoms with E-state index in [0.717, 1.165) is 22.4 Å². The van der Waals surface area contributed by atoms with Crippen molar-refractivity contribution < 1.29 is 23.9 Å². The monoisotopic (exact) mass is 470 g/mol. The first-order valence-corrected chi connectivity index (χ1v) is 11.3. The quantitative estimate of drug-likeness (QED) is 0.219. The number of aromatic nitrogens is 1. The van der Waals surface area contributed by atoms with Gasteiger partial charge in [-0.1, -0.05) is 65.8 Å². The lowest BCUT2D eigenvalue weighted by Crippen LogP contribution is -2.14. The van der Waals surface area contributed by atoms with Crippen LogP contribution in [0.5, 0.6) is 5.75 Å². The van der Waals surface area contributed by atoms with E-state index >= 15 is 0 Å². The Morgan fingerprint density at radius 1 is 0.914 bits per heavy atom. The maximum atomic E-state index is 11.5. The Morgan fingerprint density at radius 2 is 1.60 bits per heavy atom. The third kappa shape index (κ3) is 6.80. The third-order valence-corrected chi connectivity index (χ3v) is 5.36. The smallest absolute Gasteiger partial charge is 0.353 e. The molecule has 0 aliphatic heterocycles. The van der Waals surface area contributed by atoms with Gasteiger partial charge in [-0.05, 0) is 48.7 Å². The van der Waals surface area contributed by atoms with Crippen LogP contribution in [0.15, 0.2) is 94.5 Å². The number of ether oxygens (including phenoxy) is 1. The van der Waals surface area contributed by atoms with Gasteiger partial charge in [-0.25, -0.2) is 9.78 Å². The number of carbonyl (C=O) groups is 1. The molecule has 0 unspecified atom stereocenters. The number of hydrogen-bond acceptors (Lipinski definition) is 6. The number of oxime groups is 1. The van der Waals surface area contributed by atoms with Crippen LogP contribution < -0.4 is 4.74 Å². The number of rotatable bonds is 11. The van der Waals surface area contributed by atoms with E-state index < -0.39 is 5.97 Å². The summed E-state index contributed by atoms with van der Waals surface area (Å²) in [4.78, 5) is 21.3. The lowest BCUT2D eigenvalue weighted by atomic mass is 10.1. The molecule has 1 aromatic heterocycles. The van der Waals surface area contributed by atoms with Gasteiger partial charge < -0.3 is 19.1 Å². The van der Waals surface area contributed by atoms with Crippen LogP contribution >= 0.6 is 0 Å². The summed E-state index contributed by atoms with van der Waals surface area (Å²) in [5.41, 5.74) is 3.54. The number of aliphatic carboxylic acids is 1. The van der Waals surface area contributed by atoms with Gasteiger partial charge >= 0.3 is 5.97 Å². The molecular formula is C28H26N2O5. The predicted octanol–water partition coefficient (Wildman–Crippen LogP) is 5.82. The van der Waals surface area contributed by atoms with Crippen molar-refractivity contribution in [2.45, 2.75) is 33.0 Å². The molecule has 35 heavy (non-hydrogen) atoms. The summed E-state index contributed by atoms with van der Waals surface area (Å²) >= 11 is 0. The number of aryl methyl sites for hydroxylation is 2. The molecule has 4 aromatic rings. The Hall–Kier alpha value is -4.39. The molecule has 0 aliphatic rings. The Balaban J connectivity index is 1.28. The number of oxazole rings is 1. The number of carboxylic acid groups (broad SMARTS) is 1. The molecular weight excluding hydrogens is 444 g/mol. The summed E-state index contributed by atoms with van der Waals surface area (Å²) < 4.78 is 11.6. The van der Waals surface area contributed by atoms with Crippen LogP contribution in [0.25, 0.3) is 11.5 Å². The SMILES string of the molecule is Cc1oc(-c2ccccc2)nc1COc1ccc(CON=C(CCc2ccccc2)C(=O)O)cc1. The highest BCUT2D eigenvalue weighted by molar-refractivity contribution is 6.35.